The smallest absolute Gasteiger partial charge is 0.244 e. The summed E-state index contributed by atoms with van der Waals surface area (Å²) in [7, 11) is 1.46. The van der Waals surface area contributed by atoms with Crippen molar-refractivity contribution >= 4 is 27.7 Å². The fraction of sp³-hybridized carbons (Fsp3) is 0.167. The lowest BCUT2D eigenvalue weighted by molar-refractivity contribution is -0.135. The Morgan fingerprint density at radius 1 is 1.09 bits per heavy atom. The summed E-state index contributed by atoms with van der Waals surface area (Å²) >= 11 is 3.42. The fourth-order valence-corrected chi connectivity index (χ4v) is 3.56. The van der Waals surface area contributed by atoms with Gasteiger partial charge in [0.15, 0.2) is 11.5 Å². The molecule has 0 bridgehead atoms. The van der Waals surface area contributed by atoms with E-state index in [1.165, 1.54) is 19.0 Å². The highest BCUT2D eigenvalue weighted by Gasteiger charge is 2.36. The van der Waals surface area contributed by atoms with Gasteiger partial charge in [-0.3, -0.25) is 4.79 Å². The van der Waals surface area contributed by atoms with Crippen molar-refractivity contribution < 1.29 is 24.1 Å². The average Bonchev–Trinajstić information content (AvgIpc) is 3.24. The van der Waals surface area contributed by atoms with Crippen molar-refractivity contribution in [2.75, 3.05) is 7.11 Å². The molecule has 1 N–H and O–H groups in total. The molecule has 0 spiro atoms. The molecule has 3 aromatic carbocycles. The first kappa shape index (κ1) is 21.7. The summed E-state index contributed by atoms with van der Waals surface area (Å²) in [5.41, 5.74) is 1.97. The molecule has 1 atom stereocenters. The van der Waals surface area contributed by atoms with Gasteiger partial charge in [0.2, 0.25) is 18.0 Å². The molecule has 0 saturated heterocycles. The number of aromatic hydroxyl groups is 1. The van der Waals surface area contributed by atoms with Crippen LogP contribution in [0.2, 0.25) is 0 Å². The molecule has 4 rings (SSSR count). The summed E-state index contributed by atoms with van der Waals surface area (Å²) in [4.78, 5) is 12.3. The number of hydrazone groups is 1. The minimum Gasteiger partial charge on any atom is -0.504 e. The van der Waals surface area contributed by atoms with Crippen LogP contribution in [0.25, 0.3) is 0 Å². The summed E-state index contributed by atoms with van der Waals surface area (Å²) in [6.07, 6.45) is -0.933. The number of hydrogen-bond donors (Lipinski definition) is 1. The van der Waals surface area contributed by atoms with Gasteiger partial charge in [0.05, 0.1) is 18.2 Å². The number of phenols is 1. The lowest BCUT2D eigenvalue weighted by atomic mass is 10.1. The Kier molecular flexibility index (Phi) is 6.32. The Morgan fingerprint density at radius 3 is 2.53 bits per heavy atom. The first-order valence-corrected chi connectivity index (χ1v) is 10.6. The molecule has 0 aromatic heterocycles. The molecule has 164 valence electrons. The zero-order chi connectivity index (χ0) is 22.7. The largest absolute Gasteiger partial charge is 0.504 e. The molecule has 3 aromatic rings. The van der Waals surface area contributed by atoms with Crippen molar-refractivity contribution in [3.05, 3.63) is 87.9 Å². The van der Waals surface area contributed by atoms with E-state index in [1.807, 2.05) is 48.5 Å². The van der Waals surface area contributed by atoms with Gasteiger partial charge in [-0.2, -0.15) is 5.01 Å². The quantitative estimate of drug-likeness (QED) is 0.520. The van der Waals surface area contributed by atoms with Gasteiger partial charge in [0, 0.05) is 11.4 Å². The van der Waals surface area contributed by atoms with Crippen LogP contribution in [0.5, 0.6) is 17.2 Å². The van der Waals surface area contributed by atoms with Crippen LogP contribution in [0.4, 0.5) is 0 Å². The predicted molar refractivity (Wildman–Crippen MR) is 122 cm³/mol. The number of amides is 1. The number of halogens is 1. The maximum absolute atomic E-state index is 12.3. The van der Waals surface area contributed by atoms with Gasteiger partial charge in [-0.1, -0.05) is 46.3 Å². The number of para-hydroxylation sites is 2. The molecular formula is C24H21BrN2O5. The predicted octanol–water partition coefficient (Wildman–Crippen LogP) is 4.98. The topological polar surface area (TPSA) is 80.6 Å². The molecule has 8 heteroatoms. The number of methoxy groups -OCH3 is 1. The third-order valence-corrected chi connectivity index (χ3v) is 5.44. The summed E-state index contributed by atoms with van der Waals surface area (Å²) in [5.74, 6) is 0.622. The number of carbonyl (C=O) groups is 1. The Bertz CT molecular complexity index is 1160. The number of benzene rings is 3. The average molecular weight is 497 g/mol. The summed E-state index contributed by atoms with van der Waals surface area (Å²) in [5, 5.41) is 16.1. The van der Waals surface area contributed by atoms with Crippen molar-refractivity contribution in [1.29, 1.82) is 0 Å². The SMILES string of the molecule is COc1cccc(C2OC(c3ccccc3OCc3ccc(Br)cc3)=NN2C(C)=O)c1O. The van der Waals surface area contributed by atoms with Crippen molar-refractivity contribution in [2.24, 2.45) is 5.10 Å². The van der Waals surface area contributed by atoms with Crippen molar-refractivity contribution in [1.82, 2.24) is 5.01 Å². The first-order chi connectivity index (χ1) is 15.5. The second-order valence-electron chi connectivity index (χ2n) is 7.05. The minimum absolute atomic E-state index is 0.109. The van der Waals surface area contributed by atoms with E-state index < -0.39 is 6.23 Å². The molecular weight excluding hydrogens is 476 g/mol. The summed E-state index contributed by atoms with van der Waals surface area (Å²) in [6.45, 7) is 1.74. The number of ether oxygens (including phenoxy) is 3. The molecule has 0 fully saturated rings. The third kappa shape index (κ3) is 4.40. The number of hydrogen-bond acceptors (Lipinski definition) is 6. The second kappa shape index (κ2) is 9.32. The Morgan fingerprint density at radius 2 is 1.81 bits per heavy atom. The van der Waals surface area contributed by atoms with Gasteiger partial charge in [-0.05, 0) is 42.0 Å². The van der Waals surface area contributed by atoms with Crippen molar-refractivity contribution in [3.8, 4) is 17.2 Å². The van der Waals surface area contributed by atoms with Crippen LogP contribution in [0.1, 0.15) is 29.8 Å². The van der Waals surface area contributed by atoms with E-state index in [-0.39, 0.29) is 23.3 Å². The van der Waals surface area contributed by atoms with Crippen LogP contribution < -0.4 is 9.47 Å². The van der Waals surface area contributed by atoms with E-state index in [9.17, 15) is 9.90 Å². The number of nitrogens with zero attached hydrogens (tertiary/aromatic N) is 2. The van der Waals surface area contributed by atoms with Crippen LogP contribution in [-0.4, -0.2) is 29.0 Å². The molecule has 1 heterocycles. The standard InChI is InChI=1S/C24H21BrN2O5/c1-15(28)27-24(19-7-5-9-21(30-2)22(19)29)32-23(26-27)18-6-3-4-8-20(18)31-14-16-10-12-17(25)13-11-16/h3-13,24,29H,14H2,1-2H3. The minimum atomic E-state index is -0.933. The van der Waals surface area contributed by atoms with Crippen LogP contribution in [0.3, 0.4) is 0 Å². The molecule has 32 heavy (non-hydrogen) atoms. The zero-order valence-corrected chi connectivity index (χ0v) is 19.1. The van der Waals surface area contributed by atoms with E-state index in [1.54, 1.807) is 18.2 Å². The van der Waals surface area contributed by atoms with Gasteiger partial charge in [-0.25, -0.2) is 0 Å². The van der Waals surface area contributed by atoms with Crippen LogP contribution >= 0.6 is 15.9 Å². The molecule has 1 aliphatic heterocycles. The Labute approximate surface area is 194 Å². The maximum Gasteiger partial charge on any atom is 0.244 e. The van der Waals surface area contributed by atoms with Crippen LogP contribution in [-0.2, 0) is 16.1 Å². The monoisotopic (exact) mass is 496 g/mol. The molecule has 0 aliphatic carbocycles. The van der Waals surface area contributed by atoms with Gasteiger partial charge in [0.25, 0.3) is 0 Å². The summed E-state index contributed by atoms with van der Waals surface area (Å²) < 4.78 is 18.2. The van der Waals surface area contributed by atoms with E-state index >= 15 is 0 Å². The number of rotatable bonds is 6. The molecule has 1 aliphatic rings. The zero-order valence-electron chi connectivity index (χ0n) is 17.5. The van der Waals surface area contributed by atoms with Gasteiger partial charge >= 0.3 is 0 Å². The first-order valence-electron chi connectivity index (χ1n) is 9.85. The van der Waals surface area contributed by atoms with E-state index in [0.29, 0.717) is 23.5 Å². The van der Waals surface area contributed by atoms with Gasteiger partial charge in [-0.15, -0.1) is 5.10 Å². The van der Waals surface area contributed by atoms with Crippen molar-refractivity contribution in [2.45, 2.75) is 19.8 Å². The Hall–Kier alpha value is -3.52. The van der Waals surface area contributed by atoms with E-state index in [0.717, 1.165) is 10.0 Å². The Balaban J connectivity index is 1.62. The molecule has 1 unspecified atom stereocenters. The lowest BCUT2D eigenvalue weighted by Crippen LogP contribution is -2.25. The third-order valence-electron chi connectivity index (χ3n) is 4.91. The van der Waals surface area contributed by atoms with E-state index in [4.69, 9.17) is 14.2 Å². The van der Waals surface area contributed by atoms with Crippen LogP contribution in [0.15, 0.2) is 76.3 Å². The van der Waals surface area contributed by atoms with Gasteiger partial charge < -0.3 is 19.3 Å². The molecule has 0 radical (unpaired) electrons. The molecule has 7 nitrogen and oxygen atoms in total. The highest BCUT2D eigenvalue weighted by atomic mass is 79.9. The second-order valence-corrected chi connectivity index (χ2v) is 7.96. The summed E-state index contributed by atoms with van der Waals surface area (Å²) in [6, 6.07) is 20.1. The highest BCUT2D eigenvalue weighted by molar-refractivity contribution is 9.10. The number of carbonyl (C=O) groups excluding carboxylic acids is 1. The number of phenolic OH excluding ortho intramolecular Hbond substituents is 1. The lowest BCUT2D eigenvalue weighted by Gasteiger charge is -2.21. The van der Waals surface area contributed by atoms with Gasteiger partial charge in [0.1, 0.15) is 12.4 Å². The molecule has 1 amide bonds. The highest BCUT2D eigenvalue weighted by Crippen LogP contribution is 2.40. The van der Waals surface area contributed by atoms with Crippen LogP contribution in [0, 0.1) is 0 Å². The maximum atomic E-state index is 12.3. The fourth-order valence-electron chi connectivity index (χ4n) is 3.29. The van der Waals surface area contributed by atoms with Crippen molar-refractivity contribution in [3.63, 3.8) is 0 Å². The van der Waals surface area contributed by atoms with E-state index in [2.05, 4.69) is 21.0 Å². The molecule has 0 saturated carbocycles. The normalized spacial score (nSPS) is 15.2.